The summed E-state index contributed by atoms with van der Waals surface area (Å²) >= 11 is 0. The minimum Gasteiger partial charge on any atom is -0.497 e. The molecule has 0 fully saturated rings. The molecule has 1 unspecified atom stereocenters. The van der Waals surface area contributed by atoms with Crippen molar-refractivity contribution in [2.45, 2.75) is 32.2 Å². The van der Waals surface area contributed by atoms with Crippen LogP contribution in [0.25, 0.3) is 0 Å². The average Bonchev–Trinajstić information content (AvgIpc) is 2.26. The van der Waals surface area contributed by atoms with Crippen LogP contribution >= 0.6 is 0 Å². The van der Waals surface area contributed by atoms with E-state index in [9.17, 15) is 0 Å². The van der Waals surface area contributed by atoms with Crippen molar-refractivity contribution in [2.75, 3.05) is 7.11 Å². The molecular formula is C14H21NO. The van der Waals surface area contributed by atoms with Gasteiger partial charge in [-0.25, -0.2) is 0 Å². The fourth-order valence-corrected chi connectivity index (χ4v) is 1.69. The van der Waals surface area contributed by atoms with Gasteiger partial charge in [-0.3, -0.25) is 0 Å². The van der Waals surface area contributed by atoms with Crippen molar-refractivity contribution in [1.29, 1.82) is 0 Å². The van der Waals surface area contributed by atoms with Crippen LogP contribution in [0, 0.1) is 0 Å². The summed E-state index contributed by atoms with van der Waals surface area (Å²) in [6.07, 6.45) is 2.92. The lowest BCUT2D eigenvalue weighted by molar-refractivity contribution is 0.414. The minimum atomic E-state index is 0.222. The lowest BCUT2D eigenvalue weighted by Gasteiger charge is -2.11. The number of aryl methyl sites for hydroxylation is 1. The topological polar surface area (TPSA) is 35.2 Å². The molecule has 0 aliphatic carbocycles. The van der Waals surface area contributed by atoms with E-state index in [-0.39, 0.29) is 6.04 Å². The maximum Gasteiger partial charge on any atom is 0.118 e. The molecule has 2 nitrogen and oxygen atoms in total. The predicted octanol–water partition coefficient (Wildman–Crippen LogP) is 2.92. The molecule has 1 atom stereocenters. The van der Waals surface area contributed by atoms with Crippen LogP contribution in [0.4, 0.5) is 0 Å². The van der Waals surface area contributed by atoms with Crippen LogP contribution in [0.2, 0.25) is 0 Å². The van der Waals surface area contributed by atoms with Crippen LogP contribution in [0.5, 0.6) is 5.75 Å². The third kappa shape index (κ3) is 4.49. The van der Waals surface area contributed by atoms with Gasteiger partial charge < -0.3 is 10.5 Å². The van der Waals surface area contributed by atoms with Gasteiger partial charge >= 0.3 is 0 Å². The van der Waals surface area contributed by atoms with Gasteiger partial charge in [-0.15, -0.1) is 6.58 Å². The first-order valence-electron chi connectivity index (χ1n) is 5.64. The molecule has 0 spiro atoms. The molecule has 2 heteroatoms. The van der Waals surface area contributed by atoms with Crippen molar-refractivity contribution in [3.8, 4) is 5.75 Å². The highest BCUT2D eigenvalue weighted by Gasteiger charge is 2.03. The summed E-state index contributed by atoms with van der Waals surface area (Å²) in [6, 6.07) is 8.37. The van der Waals surface area contributed by atoms with Gasteiger partial charge in [-0.1, -0.05) is 17.7 Å². The predicted molar refractivity (Wildman–Crippen MR) is 68.7 cm³/mol. The first-order valence-corrected chi connectivity index (χ1v) is 5.64. The van der Waals surface area contributed by atoms with Gasteiger partial charge in [0, 0.05) is 6.04 Å². The molecule has 0 heterocycles. The van der Waals surface area contributed by atoms with E-state index in [1.54, 1.807) is 7.11 Å². The van der Waals surface area contributed by atoms with Crippen LogP contribution in [-0.4, -0.2) is 13.2 Å². The maximum absolute atomic E-state index is 5.99. The van der Waals surface area contributed by atoms with Crippen LogP contribution in [0.1, 0.15) is 25.3 Å². The SMILES string of the molecule is C=C(C)CC(N)CCc1ccc(OC)cc1. The molecule has 0 aliphatic rings. The summed E-state index contributed by atoms with van der Waals surface area (Å²) in [7, 11) is 1.68. The van der Waals surface area contributed by atoms with Gasteiger partial charge in [0.1, 0.15) is 5.75 Å². The van der Waals surface area contributed by atoms with Crippen molar-refractivity contribution in [3.05, 3.63) is 42.0 Å². The van der Waals surface area contributed by atoms with E-state index >= 15 is 0 Å². The zero-order valence-electron chi connectivity index (χ0n) is 10.2. The van der Waals surface area contributed by atoms with Crippen molar-refractivity contribution >= 4 is 0 Å². The van der Waals surface area contributed by atoms with Crippen molar-refractivity contribution < 1.29 is 4.74 Å². The van der Waals surface area contributed by atoms with E-state index in [4.69, 9.17) is 10.5 Å². The number of hydrogen-bond donors (Lipinski definition) is 1. The smallest absolute Gasteiger partial charge is 0.118 e. The second-order valence-electron chi connectivity index (χ2n) is 4.31. The Bertz CT molecular complexity index is 329. The second kappa shape index (κ2) is 6.33. The van der Waals surface area contributed by atoms with E-state index in [1.807, 2.05) is 19.1 Å². The van der Waals surface area contributed by atoms with Gasteiger partial charge in [0.15, 0.2) is 0 Å². The normalized spacial score (nSPS) is 12.2. The van der Waals surface area contributed by atoms with Gasteiger partial charge in [0.2, 0.25) is 0 Å². The molecule has 88 valence electrons. The summed E-state index contributed by atoms with van der Waals surface area (Å²) < 4.78 is 5.11. The summed E-state index contributed by atoms with van der Waals surface area (Å²) in [5.74, 6) is 0.898. The third-order valence-electron chi connectivity index (χ3n) is 2.57. The highest BCUT2D eigenvalue weighted by molar-refractivity contribution is 5.27. The second-order valence-corrected chi connectivity index (χ2v) is 4.31. The fraction of sp³-hybridized carbons (Fsp3) is 0.429. The van der Waals surface area contributed by atoms with Gasteiger partial charge in [-0.2, -0.15) is 0 Å². The molecule has 0 saturated carbocycles. The standard InChI is InChI=1S/C14H21NO/c1-11(2)10-13(15)7-4-12-5-8-14(16-3)9-6-12/h5-6,8-9,13H,1,4,7,10,15H2,2-3H3. The highest BCUT2D eigenvalue weighted by atomic mass is 16.5. The molecule has 16 heavy (non-hydrogen) atoms. The summed E-state index contributed by atoms with van der Waals surface area (Å²) in [6.45, 7) is 5.90. The minimum absolute atomic E-state index is 0.222. The molecule has 0 amide bonds. The van der Waals surface area contributed by atoms with E-state index in [0.717, 1.165) is 30.6 Å². The fourth-order valence-electron chi connectivity index (χ4n) is 1.69. The van der Waals surface area contributed by atoms with E-state index in [2.05, 4.69) is 18.7 Å². The first kappa shape index (κ1) is 12.8. The summed E-state index contributed by atoms with van der Waals surface area (Å²) in [5, 5.41) is 0. The zero-order valence-corrected chi connectivity index (χ0v) is 10.2. The quantitative estimate of drug-likeness (QED) is 0.747. The van der Waals surface area contributed by atoms with Crippen LogP contribution in [-0.2, 0) is 6.42 Å². The van der Waals surface area contributed by atoms with Gasteiger partial charge in [0.05, 0.1) is 7.11 Å². The number of nitrogens with two attached hydrogens (primary N) is 1. The Balaban J connectivity index is 2.39. The zero-order chi connectivity index (χ0) is 12.0. The molecule has 2 N–H and O–H groups in total. The Kier molecular flexibility index (Phi) is 5.06. The van der Waals surface area contributed by atoms with E-state index in [0.29, 0.717) is 0 Å². The maximum atomic E-state index is 5.99. The molecule has 1 aromatic carbocycles. The van der Waals surface area contributed by atoms with E-state index < -0.39 is 0 Å². The molecule has 1 aromatic rings. The summed E-state index contributed by atoms with van der Waals surface area (Å²) in [4.78, 5) is 0. The van der Waals surface area contributed by atoms with Crippen LogP contribution in [0.3, 0.4) is 0 Å². The van der Waals surface area contributed by atoms with Crippen molar-refractivity contribution in [2.24, 2.45) is 5.73 Å². The summed E-state index contributed by atoms with van der Waals surface area (Å²) in [5.41, 5.74) is 8.45. The Labute approximate surface area is 98.1 Å². The van der Waals surface area contributed by atoms with E-state index in [1.165, 1.54) is 5.56 Å². The lowest BCUT2D eigenvalue weighted by Crippen LogP contribution is -2.20. The molecule has 0 saturated heterocycles. The molecule has 0 bridgehead atoms. The molecular weight excluding hydrogens is 198 g/mol. The Hall–Kier alpha value is -1.28. The van der Waals surface area contributed by atoms with Crippen molar-refractivity contribution in [1.82, 2.24) is 0 Å². The van der Waals surface area contributed by atoms with Crippen LogP contribution in [0.15, 0.2) is 36.4 Å². The molecule has 1 rings (SSSR count). The Morgan fingerprint density at radius 3 is 2.50 bits per heavy atom. The Morgan fingerprint density at radius 2 is 2.00 bits per heavy atom. The average molecular weight is 219 g/mol. The Morgan fingerprint density at radius 1 is 1.38 bits per heavy atom. The number of hydrogen-bond acceptors (Lipinski definition) is 2. The molecule has 0 aromatic heterocycles. The monoisotopic (exact) mass is 219 g/mol. The van der Waals surface area contributed by atoms with Crippen molar-refractivity contribution in [3.63, 3.8) is 0 Å². The largest absolute Gasteiger partial charge is 0.497 e. The van der Waals surface area contributed by atoms with Crippen LogP contribution < -0.4 is 10.5 Å². The lowest BCUT2D eigenvalue weighted by atomic mass is 10.0. The highest BCUT2D eigenvalue weighted by Crippen LogP contribution is 2.14. The number of rotatable bonds is 6. The number of benzene rings is 1. The van der Waals surface area contributed by atoms with Gasteiger partial charge in [-0.05, 0) is 43.9 Å². The third-order valence-corrected chi connectivity index (χ3v) is 2.57. The van der Waals surface area contributed by atoms with Gasteiger partial charge in [0.25, 0.3) is 0 Å². The number of ether oxygens (including phenoxy) is 1. The number of methoxy groups -OCH3 is 1. The first-order chi connectivity index (χ1) is 7.61. The molecule has 0 aliphatic heterocycles. The molecule has 0 radical (unpaired) electrons.